The van der Waals surface area contributed by atoms with Gasteiger partial charge >= 0.3 is 0 Å². The average Bonchev–Trinajstić information content (AvgIpc) is 2.70. The van der Waals surface area contributed by atoms with Crippen LogP contribution in [0.4, 0.5) is 4.39 Å². The van der Waals surface area contributed by atoms with E-state index in [1.54, 1.807) is 43.3 Å². The van der Waals surface area contributed by atoms with Crippen molar-refractivity contribution in [3.8, 4) is 5.75 Å². The third-order valence-electron chi connectivity index (χ3n) is 4.26. The molecule has 0 spiro atoms. The highest BCUT2D eigenvalue weighted by Crippen LogP contribution is 2.27. The van der Waals surface area contributed by atoms with Crippen molar-refractivity contribution < 1.29 is 18.7 Å². The summed E-state index contributed by atoms with van der Waals surface area (Å²) < 4.78 is 20.5. The lowest BCUT2D eigenvalue weighted by atomic mass is 10.1. The Hall–Kier alpha value is -2.12. The number of nitrogens with one attached hydrogen (secondary N) is 1. The van der Waals surface area contributed by atoms with Gasteiger partial charge in [0.05, 0.1) is 5.02 Å². The molecule has 8 heteroatoms. The smallest absolute Gasteiger partial charge is 0.261 e. The van der Waals surface area contributed by atoms with Crippen LogP contribution in [0.5, 0.6) is 5.75 Å². The third kappa shape index (κ3) is 6.72. The van der Waals surface area contributed by atoms with Gasteiger partial charge in [-0.3, -0.25) is 9.59 Å². The van der Waals surface area contributed by atoms with E-state index < -0.39 is 17.8 Å². The fourth-order valence-corrected chi connectivity index (χ4v) is 3.33. The Labute approximate surface area is 183 Å². The molecule has 2 aromatic rings. The second-order valence-electron chi connectivity index (χ2n) is 6.44. The molecule has 0 saturated carbocycles. The summed E-state index contributed by atoms with van der Waals surface area (Å²) in [5, 5.41) is 3.11. The molecule has 156 valence electrons. The minimum absolute atomic E-state index is 0.0519. The van der Waals surface area contributed by atoms with Crippen molar-refractivity contribution in [1.82, 2.24) is 10.2 Å². The van der Waals surface area contributed by atoms with Gasteiger partial charge < -0.3 is 15.0 Å². The first kappa shape index (κ1) is 23.2. The van der Waals surface area contributed by atoms with Crippen molar-refractivity contribution in [1.29, 1.82) is 0 Å². The number of rotatable bonds is 9. The molecular weight excluding hydrogens is 463 g/mol. The maximum atomic E-state index is 14.1. The Morgan fingerprint density at radius 3 is 2.66 bits per heavy atom. The van der Waals surface area contributed by atoms with Crippen molar-refractivity contribution in [2.75, 3.05) is 13.2 Å². The second kappa shape index (κ2) is 11.2. The lowest BCUT2D eigenvalue weighted by Crippen LogP contribution is -2.49. The summed E-state index contributed by atoms with van der Waals surface area (Å²) in [4.78, 5) is 26.6. The largest absolute Gasteiger partial charge is 0.482 e. The highest BCUT2D eigenvalue weighted by Gasteiger charge is 2.27. The van der Waals surface area contributed by atoms with Gasteiger partial charge in [-0.15, -0.1) is 0 Å². The van der Waals surface area contributed by atoms with Crippen LogP contribution in [-0.4, -0.2) is 35.9 Å². The number of carbonyl (C=O) groups is 2. The molecule has 2 aromatic carbocycles. The fourth-order valence-electron chi connectivity index (χ4n) is 2.60. The first-order chi connectivity index (χ1) is 13.8. The lowest BCUT2D eigenvalue weighted by molar-refractivity contribution is -0.142. The summed E-state index contributed by atoms with van der Waals surface area (Å²) >= 11 is 9.42. The van der Waals surface area contributed by atoms with E-state index in [0.29, 0.717) is 22.9 Å². The molecule has 0 saturated heterocycles. The summed E-state index contributed by atoms with van der Waals surface area (Å²) in [5.74, 6) is -0.856. The molecule has 0 aromatic heterocycles. The summed E-state index contributed by atoms with van der Waals surface area (Å²) in [6.45, 7) is 3.65. The summed E-state index contributed by atoms with van der Waals surface area (Å²) in [7, 11) is 0. The standard InChI is InChI=1S/C21H23BrClFN2O3/c1-3-10-25-21(28)14(2)26(12-15-6-4-5-7-18(15)24)20(27)13-29-19-9-8-16(22)11-17(19)23/h4-9,11,14H,3,10,12-13H2,1-2H3,(H,25,28)/t14-/m0/s1. The van der Waals surface area contributed by atoms with Crippen LogP contribution in [0.25, 0.3) is 0 Å². The Morgan fingerprint density at radius 1 is 1.28 bits per heavy atom. The molecule has 2 amide bonds. The molecular formula is C21H23BrClFN2O3. The second-order valence-corrected chi connectivity index (χ2v) is 7.77. The molecule has 2 rings (SSSR count). The molecule has 0 aliphatic heterocycles. The monoisotopic (exact) mass is 484 g/mol. The number of amides is 2. The first-order valence-electron chi connectivity index (χ1n) is 9.22. The average molecular weight is 486 g/mol. The van der Waals surface area contributed by atoms with Crippen molar-refractivity contribution >= 4 is 39.3 Å². The van der Waals surface area contributed by atoms with Crippen LogP contribution in [0, 0.1) is 5.82 Å². The number of benzene rings is 2. The van der Waals surface area contributed by atoms with Crippen molar-refractivity contribution in [2.45, 2.75) is 32.9 Å². The van der Waals surface area contributed by atoms with Gasteiger partial charge in [-0.25, -0.2) is 4.39 Å². The molecule has 0 heterocycles. The summed E-state index contributed by atoms with van der Waals surface area (Å²) in [5.41, 5.74) is 0.317. The lowest BCUT2D eigenvalue weighted by Gasteiger charge is -2.29. The number of hydrogen-bond donors (Lipinski definition) is 1. The van der Waals surface area contributed by atoms with Gasteiger partial charge in [0.25, 0.3) is 5.91 Å². The zero-order valence-electron chi connectivity index (χ0n) is 16.3. The van der Waals surface area contributed by atoms with Crippen LogP contribution in [0.15, 0.2) is 46.9 Å². The molecule has 0 aliphatic rings. The SMILES string of the molecule is CCCNC(=O)[C@H](C)N(Cc1ccccc1F)C(=O)COc1ccc(Br)cc1Cl. The first-order valence-corrected chi connectivity index (χ1v) is 10.4. The van der Waals surface area contributed by atoms with Gasteiger partial charge in [0.2, 0.25) is 5.91 Å². The van der Waals surface area contributed by atoms with E-state index in [4.69, 9.17) is 16.3 Å². The fraction of sp³-hybridized carbons (Fsp3) is 0.333. The van der Waals surface area contributed by atoms with E-state index >= 15 is 0 Å². The minimum Gasteiger partial charge on any atom is -0.482 e. The Balaban J connectivity index is 2.17. The molecule has 5 nitrogen and oxygen atoms in total. The number of ether oxygens (including phenoxy) is 1. The highest BCUT2D eigenvalue weighted by atomic mass is 79.9. The van der Waals surface area contributed by atoms with Crippen LogP contribution in [0.1, 0.15) is 25.8 Å². The Bertz CT molecular complexity index is 866. The molecule has 0 unspecified atom stereocenters. The van der Waals surface area contributed by atoms with E-state index in [2.05, 4.69) is 21.2 Å². The molecule has 0 aliphatic carbocycles. The van der Waals surface area contributed by atoms with Crippen molar-refractivity contribution in [3.63, 3.8) is 0 Å². The number of hydrogen-bond acceptors (Lipinski definition) is 3. The number of nitrogens with zero attached hydrogens (tertiary/aromatic N) is 1. The maximum absolute atomic E-state index is 14.1. The molecule has 0 radical (unpaired) electrons. The molecule has 0 fully saturated rings. The van der Waals surface area contributed by atoms with Gasteiger partial charge in [0.1, 0.15) is 17.6 Å². The van der Waals surface area contributed by atoms with Gasteiger partial charge in [0, 0.05) is 23.1 Å². The predicted octanol–water partition coefficient (Wildman–Crippen LogP) is 4.56. The normalized spacial score (nSPS) is 11.6. The van der Waals surface area contributed by atoms with Gasteiger partial charge in [-0.2, -0.15) is 0 Å². The predicted molar refractivity (Wildman–Crippen MR) is 114 cm³/mol. The zero-order chi connectivity index (χ0) is 21.4. The molecule has 29 heavy (non-hydrogen) atoms. The zero-order valence-corrected chi connectivity index (χ0v) is 18.6. The highest BCUT2D eigenvalue weighted by molar-refractivity contribution is 9.10. The number of halogens is 3. The van der Waals surface area contributed by atoms with E-state index in [0.717, 1.165) is 10.9 Å². The van der Waals surface area contributed by atoms with Crippen molar-refractivity contribution in [3.05, 3.63) is 63.3 Å². The summed E-state index contributed by atoms with van der Waals surface area (Å²) in [6, 6.07) is 10.4. The summed E-state index contributed by atoms with van der Waals surface area (Å²) in [6.07, 6.45) is 0.769. The van der Waals surface area contributed by atoms with Gasteiger partial charge in [-0.05, 0) is 37.6 Å². The van der Waals surface area contributed by atoms with Crippen LogP contribution in [-0.2, 0) is 16.1 Å². The Morgan fingerprint density at radius 2 is 2.00 bits per heavy atom. The molecule has 1 N–H and O–H groups in total. The van der Waals surface area contributed by atoms with E-state index in [-0.39, 0.29) is 19.1 Å². The maximum Gasteiger partial charge on any atom is 0.261 e. The van der Waals surface area contributed by atoms with E-state index in [1.165, 1.54) is 11.0 Å². The van der Waals surface area contributed by atoms with Gasteiger partial charge in [0.15, 0.2) is 6.61 Å². The van der Waals surface area contributed by atoms with Crippen LogP contribution in [0.3, 0.4) is 0 Å². The minimum atomic E-state index is -0.794. The number of carbonyl (C=O) groups excluding carboxylic acids is 2. The quantitative estimate of drug-likeness (QED) is 0.566. The third-order valence-corrected chi connectivity index (χ3v) is 5.05. The van der Waals surface area contributed by atoms with Crippen LogP contribution in [0.2, 0.25) is 5.02 Å². The van der Waals surface area contributed by atoms with Crippen LogP contribution >= 0.6 is 27.5 Å². The topological polar surface area (TPSA) is 58.6 Å². The molecule has 1 atom stereocenters. The van der Waals surface area contributed by atoms with Gasteiger partial charge in [-0.1, -0.05) is 52.7 Å². The van der Waals surface area contributed by atoms with E-state index in [9.17, 15) is 14.0 Å². The van der Waals surface area contributed by atoms with E-state index in [1.807, 2.05) is 6.92 Å². The molecule has 0 bridgehead atoms. The van der Waals surface area contributed by atoms with Crippen molar-refractivity contribution in [2.24, 2.45) is 0 Å². The van der Waals surface area contributed by atoms with Crippen LogP contribution < -0.4 is 10.1 Å². The Kier molecular flexibility index (Phi) is 8.92.